The maximum atomic E-state index is 11.9. The Labute approximate surface area is 124 Å². The number of para-hydroxylation sites is 1. The number of pyridine rings is 1. The molecule has 0 atom stereocenters. The Morgan fingerprint density at radius 3 is 2.71 bits per heavy atom. The number of fused-ring (bicyclic) bond motifs is 1. The Hall–Kier alpha value is -2.30. The van der Waals surface area contributed by atoms with Crippen molar-refractivity contribution in [3.63, 3.8) is 0 Å². The van der Waals surface area contributed by atoms with Crippen LogP contribution < -0.4 is 16.2 Å². The van der Waals surface area contributed by atoms with Gasteiger partial charge in [0, 0.05) is 43.2 Å². The number of hydrogen-bond acceptors (Lipinski definition) is 3. The lowest BCUT2D eigenvalue weighted by atomic mass is 10.1. The third-order valence-electron chi connectivity index (χ3n) is 3.27. The quantitative estimate of drug-likeness (QED) is 0.882. The lowest BCUT2D eigenvalue weighted by molar-refractivity contribution is -0.121. The van der Waals surface area contributed by atoms with Crippen molar-refractivity contribution in [1.82, 2.24) is 9.88 Å². The molecule has 0 spiro atoms. The van der Waals surface area contributed by atoms with Gasteiger partial charge >= 0.3 is 0 Å². The minimum atomic E-state index is -0.0668. The van der Waals surface area contributed by atoms with Gasteiger partial charge in [-0.05, 0) is 19.9 Å². The Kier molecular flexibility index (Phi) is 4.62. The molecule has 2 rings (SSSR count). The van der Waals surface area contributed by atoms with Crippen molar-refractivity contribution in [2.75, 3.05) is 11.9 Å². The molecule has 0 saturated carbocycles. The average molecular weight is 287 g/mol. The van der Waals surface area contributed by atoms with Crippen LogP contribution in [-0.2, 0) is 11.8 Å². The molecule has 0 unspecified atom stereocenters. The molecular formula is C16H21N3O2. The van der Waals surface area contributed by atoms with Gasteiger partial charge in [-0.25, -0.2) is 0 Å². The molecule has 112 valence electrons. The van der Waals surface area contributed by atoms with E-state index >= 15 is 0 Å². The number of carbonyl (C=O) groups excluding carboxylic acids is 1. The molecule has 0 aliphatic heterocycles. The Morgan fingerprint density at radius 2 is 2.00 bits per heavy atom. The Bertz CT molecular complexity index is 704. The van der Waals surface area contributed by atoms with Gasteiger partial charge in [-0.3, -0.25) is 9.59 Å². The van der Waals surface area contributed by atoms with Crippen molar-refractivity contribution in [3.8, 4) is 0 Å². The van der Waals surface area contributed by atoms with Crippen molar-refractivity contribution in [2.45, 2.75) is 26.3 Å². The minimum absolute atomic E-state index is 0.00522. The van der Waals surface area contributed by atoms with Crippen molar-refractivity contribution < 1.29 is 4.79 Å². The van der Waals surface area contributed by atoms with Gasteiger partial charge in [-0.2, -0.15) is 0 Å². The summed E-state index contributed by atoms with van der Waals surface area (Å²) in [5.41, 5.74) is 1.58. The normalized spacial score (nSPS) is 10.9. The molecule has 0 aliphatic rings. The highest BCUT2D eigenvalue weighted by Crippen LogP contribution is 2.20. The molecule has 0 radical (unpaired) electrons. The third kappa shape index (κ3) is 3.62. The number of nitrogens with zero attached hydrogens (tertiary/aromatic N) is 1. The minimum Gasteiger partial charge on any atom is -0.384 e. The van der Waals surface area contributed by atoms with Gasteiger partial charge in [-0.15, -0.1) is 0 Å². The highest BCUT2D eigenvalue weighted by molar-refractivity contribution is 5.91. The van der Waals surface area contributed by atoms with Crippen LogP contribution >= 0.6 is 0 Å². The van der Waals surface area contributed by atoms with E-state index in [1.54, 1.807) is 17.7 Å². The summed E-state index contributed by atoms with van der Waals surface area (Å²) in [6, 6.07) is 9.43. The number of aromatic nitrogens is 1. The zero-order chi connectivity index (χ0) is 15.4. The monoisotopic (exact) mass is 287 g/mol. The highest BCUT2D eigenvalue weighted by Gasteiger charge is 2.07. The number of carbonyl (C=O) groups is 1. The van der Waals surface area contributed by atoms with E-state index in [0.29, 0.717) is 13.0 Å². The summed E-state index contributed by atoms with van der Waals surface area (Å²) >= 11 is 0. The fourth-order valence-corrected chi connectivity index (χ4v) is 2.26. The first-order chi connectivity index (χ1) is 9.99. The largest absolute Gasteiger partial charge is 0.384 e. The molecule has 2 aromatic rings. The maximum absolute atomic E-state index is 11.9. The van der Waals surface area contributed by atoms with Crippen LogP contribution in [0.3, 0.4) is 0 Å². The van der Waals surface area contributed by atoms with E-state index in [2.05, 4.69) is 10.6 Å². The van der Waals surface area contributed by atoms with E-state index in [0.717, 1.165) is 16.6 Å². The maximum Gasteiger partial charge on any atom is 0.252 e. The van der Waals surface area contributed by atoms with Gasteiger partial charge in [0.2, 0.25) is 5.91 Å². The Balaban J connectivity index is 2.14. The number of amides is 1. The predicted octanol–water partition coefficient (Wildman–Crippen LogP) is 1.87. The van der Waals surface area contributed by atoms with E-state index in [1.165, 1.54) is 0 Å². The van der Waals surface area contributed by atoms with Crippen LogP contribution in [0, 0.1) is 0 Å². The molecule has 2 N–H and O–H groups in total. The Morgan fingerprint density at radius 1 is 1.29 bits per heavy atom. The first-order valence-corrected chi connectivity index (χ1v) is 7.11. The SMILES string of the molecule is CC(C)NC(=O)CCNc1cc(=O)n(C)c2ccccc12. The summed E-state index contributed by atoms with van der Waals surface area (Å²) in [6.45, 7) is 4.36. The number of nitrogens with one attached hydrogen (secondary N) is 2. The molecule has 1 amide bonds. The molecule has 1 aromatic carbocycles. The van der Waals surface area contributed by atoms with Crippen molar-refractivity contribution in [3.05, 3.63) is 40.7 Å². The number of benzene rings is 1. The van der Waals surface area contributed by atoms with Crippen LogP contribution in [0.25, 0.3) is 10.9 Å². The predicted molar refractivity (Wildman–Crippen MR) is 85.6 cm³/mol. The molecule has 5 nitrogen and oxygen atoms in total. The molecule has 0 fully saturated rings. The van der Waals surface area contributed by atoms with Crippen molar-refractivity contribution >= 4 is 22.5 Å². The molecule has 5 heteroatoms. The summed E-state index contributed by atoms with van der Waals surface area (Å²) in [5, 5.41) is 7.00. The van der Waals surface area contributed by atoms with Gasteiger partial charge in [0.15, 0.2) is 0 Å². The van der Waals surface area contributed by atoms with Crippen LogP contribution in [0.5, 0.6) is 0 Å². The molecule has 21 heavy (non-hydrogen) atoms. The van der Waals surface area contributed by atoms with Gasteiger partial charge in [0.05, 0.1) is 5.52 Å². The summed E-state index contributed by atoms with van der Waals surface area (Å²) in [4.78, 5) is 23.6. The summed E-state index contributed by atoms with van der Waals surface area (Å²) < 4.78 is 1.62. The van der Waals surface area contributed by atoms with Gasteiger partial charge in [0.1, 0.15) is 0 Å². The second-order valence-corrected chi connectivity index (χ2v) is 5.37. The lowest BCUT2D eigenvalue weighted by Gasteiger charge is -2.13. The first-order valence-electron chi connectivity index (χ1n) is 7.11. The van der Waals surface area contributed by atoms with E-state index in [4.69, 9.17) is 0 Å². The average Bonchev–Trinajstić information content (AvgIpc) is 2.43. The van der Waals surface area contributed by atoms with Crippen LogP contribution in [-0.4, -0.2) is 23.1 Å². The van der Waals surface area contributed by atoms with Crippen LogP contribution in [0.4, 0.5) is 5.69 Å². The molecule has 1 aromatic heterocycles. The van der Waals surface area contributed by atoms with E-state index in [1.807, 2.05) is 38.1 Å². The number of hydrogen-bond donors (Lipinski definition) is 2. The molecule has 0 aliphatic carbocycles. The number of rotatable bonds is 5. The summed E-state index contributed by atoms with van der Waals surface area (Å²) in [5.74, 6) is 0.00522. The zero-order valence-electron chi connectivity index (χ0n) is 12.6. The first kappa shape index (κ1) is 15.1. The van der Waals surface area contributed by atoms with Gasteiger partial charge in [0.25, 0.3) is 5.56 Å². The van der Waals surface area contributed by atoms with Gasteiger partial charge in [-0.1, -0.05) is 18.2 Å². The highest BCUT2D eigenvalue weighted by atomic mass is 16.1. The van der Waals surface area contributed by atoms with Crippen molar-refractivity contribution in [2.24, 2.45) is 7.05 Å². The number of anilines is 1. The number of aryl methyl sites for hydroxylation is 1. The topological polar surface area (TPSA) is 63.1 Å². The molecule has 0 saturated heterocycles. The van der Waals surface area contributed by atoms with Crippen molar-refractivity contribution in [1.29, 1.82) is 0 Å². The fraction of sp³-hybridized carbons (Fsp3) is 0.375. The lowest BCUT2D eigenvalue weighted by Crippen LogP contribution is -2.31. The summed E-state index contributed by atoms with van der Waals surface area (Å²) in [6.07, 6.45) is 0.377. The second-order valence-electron chi connectivity index (χ2n) is 5.37. The van der Waals surface area contributed by atoms with Gasteiger partial charge < -0.3 is 15.2 Å². The van der Waals surface area contributed by atoms with E-state index < -0.39 is 0 Å². The fourth-order valence-electron chi connectivity index (χ4n) is 2.26. The molecule has 1 heterocycles. The standard InChI is InChI=1S/C16H21N3O2/c1-11(2)18-15(20)8-9-17-13-10-16(21)19(3)14-7-5-4-6-12(13)14/h4-7,10-11,17H,8-9H2,1-3H3,(H,18,20). The van der Waals surface area contributed by atoms with Crippen LogP contribution in [0.15, 0.2) is 35.1 Å². The smallest absolute Gasteiger partial charge is 0.252 e. The molecule has 0 bridgehead atoms. The third-order valence-corrected chi connectivity index (χ3v) is 3.27. The van der Waals surface area contributed by atoms with E-state index in [9.17, 15) is 9.59 Å². The summed E-state index contributed by atoms with van der Waals surface area (Å²) in [7, 11) is 1.75. The second kappa shape index (κ2) is 6.43. The van der Waals surface area contributed by atoms with Crippen LogP contribution in [0.2, 0.25) is 0 Å². The zero-order valence-corrected chi connectivity index (χ0v) is 12.6. The molecular weight excluding hydrogens is 266 g/mol. The van der Waals surface area contributed by atoms with Crippen LogP contribution in [0.1, 0.15) is 20.3 Å². The van der Waals surface area contributed by atoms with E-state index in [-0.39, 0.29) is 17.5 Å².